The molecule has 60 valence electrons. The fourth-order valence-electron chi connectivity index (χ4n) is 1.70. The van der Waals surface area contributed by atoms with Gasteiger partial charge < -0.3 is 5.32 Å². The summed E-state index contributed by atoms with van der Waals surface area (Å²) in [5.74, 6) is 0.808. The smallest absolute Gasteiger partial charge is 0.00925 e. The molecule has 1 N–H and O–H groups in total. The van der Waals surface area contributed by atoms with Crippen molar-refractivity contribution in [2.45, 2.75) is 52.1 Å². The number of hydrogen-bond donors (Lipinski definition) is 1. The van der Waals surface area contributed by atoms with Crippen LogP contribution in [0.1, 0.15) is 40.0 Å². The molecule has 10 heavy (non-hydrogen) atoms. The van der Waals surface area contributed by atoms with Crippen LogP contribution >= 0.6 is 0 Å². The third-order valence-electron chi connectivity index (χ3n) is 2.46. The van der Waals surface area contributed by atoms with Crippen LogP contribution in [0.2, 0.25) is 0 Å². The second-order valence-electron chi connectivity index (χ2n) is 3.85. The summed E-state index contributed by atoms with van der Waals surface area (Å²) in [6, 6.07) is 1.53. The molecule has 0 bridgehead atoms. The lowest BCUT2D eigenvalue weighted by molar-refractivity contribution is 0.279. The molecule has 0 spiro atoms. The molecule has 0 aromatic rings. The van der Waals surface area contributed by atoms with Crippen LogP contribution in [0.4, 0.5) is 0 Å². The molecule has 1 rings (SSSR count). The monoisotopic (exact) mass is 141 g/mol. The van der Waals surface area contributed by atoms with Crippen LogP contribution in [0, 0.1) is 5.92 Å². The Morgan fingerprint density at radius 3 is 2.40 bits per heavy atom. The van der Waals surface area contributed by atoms with Gasteiger partial charge in [-0.1, -0.05) is 20.3 Å². The Kier molecular flexibility index (Phi) is 2.72. The molecule has 0 aliphatic carbocycles. The SMILES string of the molecule is CC(C)[C@@H]1CCC[C@H](C)N1. The normalized spacial score (nSPS) is 34.8. The molecule has 0 saturated carbocycles. The first-order valence-corrected chi connectivity index (χ1v) is 4.46. The van der Waals surface area contributed by atoms with E-state index in [4.69, 9.17) is 0 Å². The second kappa shape index (κ2) is 3.38. The molecule has 0 radical (unpaired) electrons. The maximum absolute atomic E-state index is 3.62. The fraction of sp³-hybridized carbons (Fsp3) is 1.00. The van der Waals surface area contributed by atoms with Gasteiger partial charge in [0.15, 0.2) is 0 Å². The summed E-state index contributed by atoms with van der Waals surface area (Å²) in [5, 5.41) is 3.62. The lowest BCUT2D eigenvalue weighted by Gasteiger charge is -2.31. The molecule has 0 aromatic heterocycles. The zero-order valence-corrected chi connectivity index (χ0v) is 7.35. The molecular formula is C9H19N. The summed E-state index contributed by atoms with van der Waals surface area (Å²) in [5.41, 5.74) is 0. The number of rotatable bonds is 1. The Balaban J connectivity index is 2.32. The van der Waals surface area contributed by atoms with Gasteiger partial charge in [0.1, 0.15) is 0 Å². The molecule has 0 amide bonds. The van der Waals surface area contributed by atoms with Crippen molar-refractivity contribution in [2.75, 3.05) is 0 Å². The van der Waals surface area contributed by atoms with Crippen LogP contribution in [0.5, 0.6) is 0 Å². The van der Waals surface area contributed by atoms with Crippen molar-refractivity contribution >= 4 is 0 Å². The average molecular weight is 141 g/mol. The van der Waals surface area contributed by atoms with Gasteiger partial charge in [-0.2, -0.15) is 0 Å². The van der Waals surface area contributed by atoms with Crippen LogP contribution in [0.3, 0.4) is 0 Å². The lowest BCUT2D eigenvalue weighted by atomic mass is 9.92. The van der Waals surface area contributed by atoms with Crippen LogP contribution in [-0.4, -0.2) is 12.1 Å². The summed E-state index contributed by atoms with van der Waals surface area (Å²) < 4.78 is 0. The Labute approximate surface area is 64.2 Å². The Bertz CT molecular complexity index is 98.9. The quantitative estimate of drug-likeness (QED) is 0.590. The highest BCUT2D eigenvalue weighted by Crippen LogP contribution is 2.17. The molecule has 1 aliphatic heterocycles. The minimum absolute atomic E-state index is 0.751. The minimum atomic E-state index is 0.751. The van der Waals surface area contributed by atoms with Gasteiger partial charge >= 0.3 is 0 Å². The minimum Gasteiger partial charge on any atom is -0.311 e. The van der Waals surface area contributed by atoms with E-state index >= 15 is 0 Å². The molecule has 1 saturated heterocycles. The highest BCUT2D eigenvalue weighted by molar-refractivity contribution is 4.79. The molecule has 2 atom stereocenters. The average Bonchev–Trinajstić information content (AvgIpc) is 1.88. The molecule has 1 heteroatoms. The second-order valence-corrected chi connectivity index (χ2v) is 3.85. The van der Waals surface area contributed by atoms with E-state index in [2.05, 4.69) is 26.1 Å². The lowest BCUT2D eigenvalue weighted by Crippen LogP contribution is -2.43. The van der Waals surface area contributed by atoms with Crippen molar-refractivity contribution in [1.29, 1.82) is 0 Å². The number of piperidine rings is 1. The molecule has 1 nitrogen and oxygen atoms in total. The van der Waals surface area contributed by atoms with E-state index in [1.54, 1.807) is 0 Å². The van der Waals surface area contributed by atoms with E-state index in [1.165, 1.54) is 19.3 Å². The number of hydrogen-bond acceptors (Lipinski definition) is 1. The van der Waals surface area contributed by atoms with E-state index in [0.29, 0.717) is 0 Å². The van der Waals surface area contributed by atoms with Crippen LogP contribution in [-0.2, 0) is 0 Å². The van der Waals surface area contributed by atoms with Gasteiger partial charge in [0, 0.05) is 12.1 Å². The summed E-state index contributed by atoms with van der Waals surface area (Å²) in [6.45, 7) is 6.89. The first-order valence-electron chi connectivity index (χ1n) is 4.46. The third-order valence-corrected chi connectivity index (χ3v) is 2.46. The van der Waals surface area contributed by atoms with Crippen molar-refractivity contribution in [1.82, 2.24) is 5.32 Å². The third kappa shape index (κ3) is 1.98. The number of nitrogens with one attached hydrogen (secondary N) is 1. The van der Waals surface area contributed by atoms with Crippen LogP contribution in [0.25, 0.3) is 0 Å². The molecule has 0 aromatic carbocycles. The molecule has 0 unspecified atom stereocenters. The van der Waals surface area contributed by atoms with Gasteiger partial charge in [-0.25, -0.2) is 0 Å². The highest BCUT2D eigenvalue weighted by Gasteiger charge is 2.19. The van der Waals surface area contributed by atoms with E-state index < -0.39 is 0 Å². The van der Waals surface area contributed by atoms with Gasteiger partial charge in [0.25, 0.3) is 0 Å². The predicted molar refractivity (Wildman–Crippen MR) is 45.1 cm³/mol. The predicted octanol–water partition coefficient (Wildman–Crippen LogP) is 2.17. The van der Waals surface area contributed by atoms with Gasteiger partial charge in [-0.3, -0.25) is 0 Å². The van der Waals surface area contributed by atoms with Crippen molar-refractivity contribution in [3.8, 4) is 0 Å². The fourth-order valence-corrected chi connectivity index (χ4v) is 1.70. The summed E-state index contributed by atoms with van der Waals surface area (Å²) in [4.78, 5) is 0. The molecule has 1 aliphatic rings. The maximum atomic E-state index is 3.62. The first-order chi connectivity index (χ1) is 4.70. The van der Waals surface area contributed by atoms with Gasteiger partial charge in [0.05, 0.1) is 0 Å². The van der Waals surface area contributed by atoms with Crippen molar-refractivity contribution in [3.63, 3.8) is 0 Å². The zero-order valence-electron chi connectivity index (χ0n) is 7.35. The summed E-state index contributed by atoms with van der Waals surface area (Å²) in [6.07, 6.45) is 4.15. The largest absolute Gasteiger partial charge is 0.311 e. The molecule has 1 fully saturated rings. The van der Waals surface area contributed by atoms with Crippen molar-refractivity contribution < 1.29 is 0 Å². The van der Waals surface area contributed by atoms with E-state index in [-0.39, 0.29) is 0 Å². The van der Waals surface area contributed by atoms with Crippen LogP contribution < -0.4 is 5.32 Å². The topological polar surface area (TPSA) is 12.0 Å². The zero-order chi connectivity index (χ0) is 7.56. The highest BCUT2D eigenvalue weighted by atomic mass is 15.0. The summed E-state index contributed by atoms with van der Waals surface area (Å²) >= 11 is 0. The Hall–Kier alpha value is -0.0400. The standard InChI is InChI=1S/C9H19N/c1-7(2)9-6-4-5-8(3)10-9/h7-10H,4-6H2,1-3H3/t8-,9-/m0/s1. The Morgan fingerprint density at radius 1 is 1.30 bits per heavy atom. The van der Waals surface area contributed by atoms with Crippen molar-refractivity contribution in [3.05, 3.63) is 0 Å². The first kappa shape index (κ1) is 8.06. The Morgan fingerprint density at radius 2 is 2.00 bits per heavy atom. The summed E-state index contributed by atoms with van der Waals surface area (Å²) in [7, 11) is 0. The molecule has 1 heterocycles. The van der Waals surface area contributed by atoms with E-state index in [9.17, 15) is 0 Å². The van der Waals surface area contributed by atoms with E-state index in [0.717, 1.165) is 18.0 Å². The van der Waals surface area contributed by atoms with Crippen LogP contribution in [0.15, 0.2) is 0 Å². The van der Waals surface area contributed by atoms with Crippen molar-refractivity contribution in [2.24, 2.45) is 5.92 Å². The van der Waals surface area contributed by atoms with Gasteiger partial charge in [-0.05, 0) is 25.7 Å². The van der Waals surface area contributed by atoms with E-state index in [1.807, 2.05) is 0 Å². The van der Waals surface area contributed by atoms with Gasteiger partial charge in [-0.15, -0.1) is 0 Å². The maximum Gasteiger partial charge on any atom is 0.00925 e. The van der Waals surface area contributed by atoms with Gasteiger partial charge in [0.2, 0.25) is 0 Å². The molecular weight excluding hydrogens is 122 g/mol.